The van der Waals surface area contributed by atoms with Crippen molar-refractivity contribution in [2.75, 3.05) is 38.3 Å². The molecule has 3 rings (SSSR count). The molecule has 3 heterocycles. The van der Waals surface area contributed by atoms with Gasteiger partial charge >= 0.3 is 0 Å². The van der Waals surface area contributed by atoms with Crippen LogP contribution in [0.2, 0.25) is 0 Å². The molecule has 0 amide bonds. The first kappa shape index (κ1) is 14.8. The summed E-state index contributed by atoms with van der Waals surface area (Å²) in [4.78, 5) is 8.19. The summed E-state index contributed by atoms with van der Waals surface area (Å²) in [7, 11) is 1.96. The van der Waals surface area contributed by atoms with Crippen LogP contribution in [0.3, 0.4) is 0 Å². The molecule has 0 atom stereocenters. The van der Waals surface area contributed by atoms with Gasteiger partial charge in [-0.05, 0) is 19.9 Å². The van der Waals surface area contributed by atoms with Gasteiger partial charge in [0.1, 0.15) is 0 Å². The average Bonchev–Trinajstić information content (AvgIpc) is 3.09. The maximum Gasteiger partial charge on any atom is 0.195 e. The zero-order valence-electron chi connectivity index (χ0n) is 12.3. The second kappa shape index (κ2) is 6.74. The normalized spacial score (nSPS) is 17.0. The highest BCUT2D eigenvalue weighted by molar-refractivity contribution is 7.15. The van der Waals surface area contributed by atoms with E-state index in [-0.39, 0.29) is 12.7 Å². The Labute approximate surface area is 128 Å². The molecular formula is C14H22N4O2S. The molecule has 2 aromatic heterocycles. The van der Waals surface area contributed by atoms with Crippen LogP contribution >= 0.6 is 11.3 Å². The molecule has 1 saturated heterocycles. The van der Waals surface area contributed by atoms with Gasteiger partial charge in [0.25, 0.3) is 0 Å². The fourth-order valence-electron chi connectivity index (χ4n) is 2.86. The Morgan fingerprint density at radius 2 is 2.29 bits per heavy atom. The van der Waals surface area contributed by atoms with Gasteiger partial charge in [0.05, 0.1) is 25.0 Å². The molecule has 1 fully saturated rings. The Morgan fingerprint density at radius 1 is 1.48 bits per heavy atom. The lowest BCUT2D eigenvalue weighted by Gasteiger charge is -2.32. The monoisotopic (exact) mass is 310 g/mol. The Kier molecular flexibility index (Phi) is 4.74. The van der Waals surface area contributed by atoms with Gasteiger partial charge in [0.15, 0.2) is 10.8 Å². The molecule has 0 spiro atoms. The highest BCUT2D eigenvalue weighted by atomic mass is 32.1. The SMILES string of the molecule is CNCc1c(N2CCC(OCCO)CC2)nc2sccn12. The first-order valence-corrected chi connectivity index (χ1v) is 8.28. The molecule has 0 unspecified atom stereocenters. The Bertz CT molecular complexity index is 575. The quantitative estimate of drug-likeness (QED) is 0.836. The van der Waals surface area contributed by atoms with Crippen LogP contribution in [0.1, 0.15) is 18.5 Å². The number of rotatable bonds is 6. The smallest absolute Gasteiger partial charge is 0.195 e. The molecule has 1 aliphatic heterocycles. The average molecular weight is 310 g/mol. The largest absolute Gasteiger partial charge is 0.394 e. The molecule has 0 aromatic carbocycles. The van der Waals surface area contributed by atoms with Gasteiger partial charge in [-0.3, -0.25) is 4.40 Å². The summed E-state index contributed by atoms with van der Waals surface area (Å²) >= 11 is 1.67. The summed E-state index contributed by atoms with van der Waals surface area (Å²) in [6.07, 6.45) is 4.33. The van der Waals surface area contributed by atoms with Gasteiger partial charge in [-0.2, -0.15) is 0 Å². The number of imidazole rings is 1. The molecule has 21 heavy (non-hydrogen) atoms. The molecular weight excluding hydrogens is 288 g/mol. The van der Waals surface area contributed by atoms with E-state index in [9.17, 15) is 0 Å². The minimum Gasteiger partial charge on any atom is -0.394 e. The maximum atomic E-state index is 8.83. The summed E-state index contributed by atoms with van der Waals surface area (Å²) in [5, 5.41) is 14.1. The fourth-order valence-corrected chi connectivity index (χ4v) is 3.59. The molecule has 2 N–H and O–H groups in total. The number of nitrogens with one attached hydrogen (secondary N) is 1. The van der Waals surface area contributed by atoms with E-state index >= 15 is 0 Å². The predicted molar refractivity (Wildman–Crippen MR) is 84.1 cm³/mol. The molecule has 0 bridgehead atoms. The number of piperidine rings is 1. The number of fused-ring (bicyclic) bond motifs is 1. The van der Waals surface area contributed by atoms with Crippen LogP contribution in [-0.4, -0.2) is 53.9 Å². The van der Waals surface area contributed by atoms with Gasteiger partial charge < -0.3 is 20.1 Å². The molecule has 6 nitrogen and oxygen atoms in total. The van der Waals surface area contributed by atoms with Crippen molar-refractivity contribution >= 4 is 22.1 Å². The fraction of sp³-hybridized carbons (Fsp3) is 0.643. The summed E-state index contributed by atoms with van der Waals surface area (Å²) < 4.78 is 7.80. The Morgan fingerprint density at radius 3 is 3.00 bits per heavy atom. The standard InChI is InChI=1S/C14H22N4O2S/c1-15-10-12-13(16-14-18(12)6-9-21-14)17-4-2-11(3-5-17)20-8-7-19/h6,9,11,15,19H,2-5,7-8,10H2,1H3. The number of thiazole rings is 1. The number of aliphatic hydroxyl groups excluding tert-OH is 1. The Balaban J connectivity index is 1.72. The maximum absolute atomic E-state index is 8.83. The van der Waals surface area contributed by atoms with Crippen molar-refractivity contribution in [3.05, 3.63) is 17.3 Å². The van der Waals surface area contributed by atoms with Crippen LogP contribution < -0.4 is 10.2 Å². The van der Waals surface area contributed by atoms with Gasteiger partial charge in [-0.15, -0.1) is 11.3 Å². The van der Waals surface area contributed by atoms with Crippen molar-refractivity contribution in [2.24, 2.45) is 0 Å². The number of nitrogens with zero attached hydrogens (tertiary/aromatic N) is 3. The lowest BCUT2D eigenvalue weighted by molar-refractivity contribution is 0.0158. The zero-order valence-corrected chi connectivity index (χ0v) is 13.1. The summed E-state index contributed by atoms with van der Waals surface area (Å²) in [5.74, 6) is 1.09. The molecule has 7 heteroatoms. The molecule has 0 saturated carbocycles. The van der Waals surface area contributed by atoms with Crippen molar-refractivity contribution in [2.45, 2.75) is 25.5 Å². The molecule has 0 aliphatic carbocycles. The summed E-state index contributed by atoms with van der Waals surface area (Å²) in [6, 6.07) is 0. The van der Waals surface area contributed by atoms with E-state index in [0.29, 0.717) is 6.61 Å². The molecule has 1 aliphatic rings. The van der Waals surface area contributed by atoms with Gasteiger partial charge in [0.2, 0.25) is 0 Å². The number of ether oxygens (including phenoxy) is 1. The second-order valence-electron chi connectivity index (χ2n) is 5.25. The highest BCUT2D eigenvalue weighted by Crippen LogP contribution is 2.27. The number of aromatic nitrogens is 2. The summed E-state index contributed by atoms with van der Waals surface area (Å²) in [6.45, 7) is 3.27. The zero-order chi connectivity index (χ0) is 14.7. The van der Waals surface area contributed by atoms with E-state index in [2.05, 4.69) is 26.2 Å². The van der Waals surface area contributed by atoms with Crippen molar-refractivity contribution in [3.63, 3.8) is 0 Å². The first-order valence-electron chi connectivity index (χ1n) is 7.40. The minimum absolute atomic E-state index is 0.101. The van der Waals surface area contributed by atoms with E-state index in [1.165, 1.54) is 5.69 Å². The third-order valence-electron chi connectivity index (χ3n) is 3.87. The lowest BCUT2D eigenvalue weighted by atomic mass is 10.1. The van der Waals surface area contributed by atoms with Crippen LogP contribution in [0.5, 0.6) is 0 Å². The van der Waals surface area contributed by atoms with E-state index in [1.54, 1.807) is 11.3 Å². The van der Waals surface area contributed by atoms with Crippen LogP contribution in [-0.2, 0) is 11.3 Å². The van der Waals surface area contributed by atoms with E-state index < -0.39 is 0 Å². The van der Waals surface area contributed by atoms with E-state index in [4.69, 9.17) is 14.8 Å². The van der Waals surface area contributed by atoms with Crippen LogP contribution in [0.4, 0.5) is 5.82 Å². The van der Waals surface area contributed by atoms with Gasteiger partial charge in [-0.25, -0.2) is 4.98 Å². The number of hydrogen-bond donors (Lipinski definition) is 2. The third-order valence-corrected chi connectivity index (χ3v) is 4.63. The van der Waals surface area contributed by atoms with E-state index in [1.807, 2.05) is 7.05 Å². The van der Waals surface area contributed by atoms with Crippen molar-refractivity contribution < 1.29 is 9.84 Å². The minimum atomic E-state index is 0.101. The van der Waals surface area contributed by atoms with Crippen LogP contribution in [0.15, 0.2) is 11.6 Å². The number of anilines is 1. The summed E-state index contributed by atoms with van der Waals surface area (Å²) in [5.41, 5.74) is 1.23. The van der Waals surface area contributed by atoms with Gasteiger partial charge in [-0.1, -0.05) is 0 Å². The number of hydrogen-bond acceptors (Lipinski definition) is 6. The number of aliphatic hydroxyl groups is 1. The second-order valence-corrected chi connectivity index (χ2v) is 6.12. The highest BCUT2D eigenvalue weighted by Gasteiger charge is 2.24. The van der Waals surface area contributed by atoms with Crippen molar-refractivity contribution in [1.82, 2.24) is 14.7 Å². The van der Waals surface area contributed by atoms with Gasteiger partial charge in [0, 0.05) is 31.2 Å². The van der Waals surface area contributed by atoms with Crippen molar-refractivity contribution in [3.8, 4) is 0 Å². The molecule has 2 aromatic rings. The van der Waals surface area contributed by atoms with E-state index in [0.717, 1.165) is 43.3 Å². The van der Waals surface area contributed by atoms with Crippen LogP contribution in [0.25, 0.3) is 4.96 Å². The topological polar surface area (TPSA) is 62.0 Å². The first-order chi connectivity index (χ1) is 10.3. The Hall–Kier alpha value is -1.15. The predicted octanol–water partition coefficient (Wildman–Crippen LogP) is 1.09. The lowest BCUT2D eigenvalue weighted by Crippen LogP contribution is -2.38. The van der Waals surface area contributed by atoms with Crippen molar-refractivity contribution in [1.29, 1.82) is 0 Å². The van der Waals surface area contributed by atoms with Crippen LogP contribution in [0, 0.1) is 0 Å². The molecule has 0 radical (unpaired) electrons. The molecule has 116 valence electrons. The third kappa shape index (κ3) is 3.06.